The van der Waals surface area contributed by atoms with Crippen molar-refractivity contribution in [1.29, 1.82) is 0 Å². The zero-order chi connectivity index (χ0) is 25.5. The van der Waals surface area contributed by atoms with Crippen LogP contribution in [0.4, 0.5) is 10.5 Å². The van der Waals surface area contributed by atoms with Crippen molar-refractivity contribution in [3.05, 3.63) is 84.4 Å². The highest BCUT2D eigenvalue weighted by atomic mass is 16.6. The Labute approximate surface area is 213 Å². The number of rotatable bonds is 6. The SMILES string of the molecule is CC(C)(C)OC(=O)N1CCCC(C(=O)Nc2cccc(OCc3ccc(-c4ccccc4)cc3)c2)C1. The highest BCUT2D eigenvalue weighted by Gasteiger charge is 2.31. The molecular formula is C30H34N2O4. The van der Waals surface area contributed by atoms with Crippen LogP contribution in [0, 0.1) is 5.92 Å². The topological polar surface area (TPSA) is 67.9 Å². The number of hydrogen-bond acceptors (Lipinski definition) is 4. The average Bonchev–Trinajstić information content (AvgIpc) is 2.88. The molecule has 0 spiro atoms. The molecule has 188 valence electrons. The number of ether oxygens (including phenoxy) is 2. The van der Waals surface area contributed by atoms with Gasteiger partial charge >= 0.3 is 6.09 Å². The van der Waals surface area contributed by atoms with E-state index in [0.717, 1.165) is 24.0 Å². The minimum atomic E-state index is -0.559. The molecule has 1 aliphatic rings. The highest BCUT2D eigenvalue weighted by Crippen LogP contribution is 2.24. The summed E-state index contributed by atoms with van der Waals surface area (Å²) in [5, 5.41) is 2.99. The molecule has 0 aliphatic carbocycles. The lowest BCUT2D eigenvalue weighted by Gasteiger charge is -2.33. The first kappa shape index (κ1) is 25.3. The summed E-state index contributed by atoms with van der Waals surface area (Å²) in [5.41, 5.74) is 3.52. The van der Waals surface area contributed by atoms with E-state index >= 15 is 0 Å². The standard InChI is InChI=1S/C30H34N2O4/c1-30(2,3)36-29(34)32-18-8-11-25(20-32)28(33)31-26-12-7-13-27(19-26)35-21-22-14-16-24(17-15-22)23-9-5-4-6-10-23/h4-7,9-10,12-17,19,25H,8,11,18,20-21H2,1-3H3,(H,31,33). The van der Waals surface area contributed by atoms with Gasteiger partial charge in [0.2, 0.25) is 5.91 Å². The number of carbonyl (C=O) groups is 2. The lowest BCUT2D eigenvalue weighted by molar-refractivity contribution is -0.121. The monoisotopic (exact) mass is 486 g/mol. The molecule has 6 nitrogen and oxygen atoms in total. The van der Waals surface area contributed by atoms with Gasteiger partial charge in [-0.15, -0.1) is 0 Å². The van der Waals surface area contributed by atoms with Gasteiger partial charge in [-0.2, -0.15) is 0 Å². The van der Waals surface area contributed by atoms with Gasteiger partial charge < -0.3 is 19.7 Å². The van der Waals surface area contributed by atoms with Crippen LogP contribution in [0.15, 0.2) is 78.9 Å². The van der Waals surface area contributed by atoms with E-state index < -0.39 is 5.60 Å². The zero-order valence-electron chi connectivity index (χ0n) is 21.2. The normalized spacial score (nSPS) is 15.8. The van der Waals surface area contributed by atoms with Crippen LogP contribution in [0.25, 0.3) is 11.1 Å². The van der Waals surface area contributed by atoms with E-state index in [9.17, 15) is 9.59 Å². The second-order valence-electron chi connectivity index (χ2n) is 10.1. The summed E-state index contributed by atoms with van der Waals surface area (Å²) in [4.78, 5) is 27.0. The summed E-state index contributed by atoms with van der Waals surface area (Å²) < 4.78 is 11.4. The third-order valence-electron chi connectivity index (χ3n) is 6.01. The van der Waals surface area contributed by atoms with E-state index in [2.05, 4.69) is 41.7 Å². The molecule has 1 aliphatic heterocycles. The Morgan fingerprint density at radius 3 is 2.39 bits per heavy atom. The van der Waals surface area contributed by atoms with E-state index in [0.29, 0.717) is 31.1 Å². The molecule has 0 bridgehead atoms. The van der Waals surface area contributed by atoms with Crippen molar-refractivity contribution in [1.82, 2.24) is 4.90 Å². The summed E-state index contributed by atoms with van der Waals surface area (Å²) in [5.74, 6) is 0.301. The lowest BCUT2D eigenvalue weighted by atomic mass is 9.97. The minimum Gasteiger partial charge on any atom is -0.489 e. The summed E-state index contributed by atoms with van der Waals surface area (Å²) in [6.45, 7) is 6.92. The quantitative estimate of drug-likeness (QED) is 0.431. The van der Waals surface area contributed by atoms with Crippen molar-refractivity contribution >= 4 is 17.7 Å². The molecule has 1 atom stereocenters. The molecule has 3 aromatic carbocycles. The van der Waals surface area contributed by atoms with Gasteiger partial charge in [-0.05, 0) is 62.4 Å². The molecule has 1 heterocycles. The van der Waals surface area contributed by atoms with Crippen LogP contribution in [0.1, 0.15) is 39.2 Å². The van der Waals surface area contributed by atoms with Gasteiger partial charge in [0.25, 0.3) is 0 Å². The molecule has 0 saturated carbocycles. The van der Waals surface area contributed by atoms with Crippen LogP contribution < -0.4 is 10.1 Å². The van der Waals surface area contributed by atoms with Gasteiger partial charge in [-0.1, -0.05) is 60.7 Å². The maximum atomic E-state index is 12.9. The van der Waals surface area contributed by atoms with E-state index in [1.165, 1.54) is 5.56 Å². The second-order valence-corrected chi connectivity index (χ2v) is 10.1. The van der Waals surface area contributed by atoms with Crippen LogP contribution >= 0.6 is 0 Å². The number of piperidine rings is 1. The number of carbonyl (C=O) groups excluding carboxylic acids is 2. The first-order chi connectivity index (χ1) is 17.3. The van der Waals surface area contributed by atoms with E-state index in [4.69, 9.17) is 9.47 Å². The van der Waals surface area contributed by atoms with Gasteiger partial charge in [0, 0.05) is 24.8 Å². The first-order valence-electron chi connectivity index (χ1n) is 12.4. The molecular weight excluding hydrogens is 452 g/mol. The smallest absolute Gasteiger partial charge is 0.410 e. The Morgan fingerprint density at radius 2 is 1.67 bits per heavy atom. The Balaban J connectivity index is 1.31. The van der Waals surface area contributed by atoms with Crippen LogP contribution in [0.3, 0.4) is 0 Å². The van der Waals surface area contributed by atoms with Gasteiger partial charge in [0.15, 0.2) is 0 Å². The predicted octanol–water partition coefficient (Wildman–Crippen LogP) is 6.52. The molecule has 3 aromatic rings. The van der Waals surface area contributed by atoms with Crippen molar-refractivity contribution in [3.8, 4) is 16.9 Å². The Bertz CT molecular complexity index is 1170. The number of nitrogens with zero attached hydrogens (tertiary/aromatic N) is 1. The number of anilines is 1. The third-order valence-corrected chi connectivity index (χ3v) is 6.01. The van der Waals surface area contributed by atoms with Crippen LogP contribution in [-0.2, 0) is 16.1 Å². The van der Waals surface area contributed by atoms with E-state index in [1.54, 1.807) is 4.90 Å². The zero-order valence-corrected chi connectivity index (χ0v) is 21.2. The molecule has 4 rings (SSSR count). The number of likely N-dealkylation sites (tertiary alicyclic amines) is 1. The second kappa shape index (κ2) is 11.3. The number of hydrogen-bond donors (Lipinski definition) is 1. The molecule has 6 heteroatoms. The number of benzene rings is 3. The first-order valence-corrected chi connectivity index (χ1v) is 12.4. The molecule has 0 aromatic heterocycles. The Kier molecular flexibility index (Phi) is 7.93. The van der Waals surface area contributed by atoms with Crippen molar-refractivity contribution in [3.63, 3.8) is 0 Å². The van der Waals surface area contributed by atoms with E-state index in [1.807, 2.05) is 63.2 Å². The molecule has 1 unspecified atom stereocenters. The molecule has 1 N–H and O–H groups in total. The van der Waals surface area contributed by atoms with Crippen molar-refractivity contribution in [2.75, 3.05) is 18.4 Å². The fourth-order valence-electron chi connectivity index (χ4n) is 4.18. The van der Waals surface area contributed by atoms with Gasteiger partial charge in [0.1, 0.15) is 18.0 Å². The average molecular weight is 487 g/mol. The van der Waals surface area contributed by atoms with Crippen molar-refractivity contribution < 1.29 is 19.1 Å². The fourth-order valence-corrected chi connectivity index (χ4v) is 4.18. The van der Waals surface area contributed by atoms with Crippen LogP contribution in [0.2, 0.25) is 0 Å². The highest BCUT2D eigenvalue weighted by molar-refractivity contribution is 5.93. The Morgan fingerprint density at radius 1 is 0.944 bits per heavy atom. The minimum absolute atomic E-state index is 0.100. The lowest BCUT2D eigenvalue weighted by Crippen LogP contribution is -2.45. The summed E-state index contributed by atoms with van der Waals surface area (Å²) in [6.07, 6.45) is 1.14. The molecule has 1 saturated heterocycles. The third kappa shape index (κ3) is 7.11. The largest absolute Gasteiger partial charge is 0.489 e. The summed E-state index contributed by atoms with van der Waals surface area (Å²) >= 11 is 0. The molecule has 2 amide bonds. The summed E-state index contributed by atoms with van der Waals surface area (Å²) in [6, 6.07) is 26.0. The molecule has 36 heavy (non-hydrogen) atoms. The summed E-state index contributed by atoms with van der Waals surface area (Å²) in [7, 11) is 0. The Hall–Kier alpha value is -3.80. The maximum absolute atomic E-state index is 12.9. The van der Waals surface area contributed by atoms with Crippen molar-refractivity contribution in [2.24, 2.45) is 5.92 Å². The number of amides is 2. The fraction of sp³-hybridized carbons (Fsp3) is 0.333. The number of nitrogens with one attached hydrogen (secondary N) is 1. The molecule has 0 radical (unpaired) electrons. The van der Waals surface area contributed by atoms with Crippen LogP contribution in [0.5, 0.6) is 5.75 Å². The van der Waals surface area contributed by atoms with Gasteiger partial charge in [-0.25, -0.2) is 4.79 Å². The van der Waals surface area contributed by atoms with Gasteiger partial charge in [-0.3, -0.25) is 4.79 Å². The predicted molar refractivity (Wildman–Crippen MR) is 142 cm³/mol. The van der Waals surface area contributed by atoms with Crippen LogP contribution in [-0.4, -0.2) is 35.6 Å². The van der Waals surface area contributed by atoms with Gasteiger partial charge in [0.05, 0.1) is 5.92 Å². The van der Waals surface area contributed by atoms with Crippen molar-refractivity contribution in [2.45, 2.75) is 45.8 Å². The maximum Gasteiger partial charge on any atom is 0.410 e. The molecule has 1 fully saturated rings. The van der Waals surface area contributed by atoms with E-state index in [-0.39, 0.29) is 17.9 Å².